The molecule has 12 nitrogen and oxygen atoms in total. The van der Waals surface area contributed by atoms with Gasteiger partial charge in [-0.15, -0.1) is 0 Å². The van der Waals surface area contributed by atoms with Gasteiger partial charge in [-0.05, 0) is 45.5 Å². The molecule has 2 aliphatic rings. The molecular weight excluding hydrogens is 721 g/mol. The molecule has 2 amide bonds. The third-order valence-electron chi connectivity index (χ3n) is 10.7. The highest BCUT2D eigenvalue weighted by molar-refractivity contribution is 5.83. The molecule has 2 aliphatic heterocycles. The highest BCUT2D eigenvalue weighted by Gasteiger charge is 2.39. The zero-order valence-corrected chi connectivity index (χ0v) is 32.4. The second-order valence-corrected chi connectivity index (χ2v) is 14.6. The number of benzene rings is 4. The third kappa shape index (κ3) is 10.2. The van der Waals surface area contributed by atoms with Gasteiger partial charge in [0.05, 0.1) is 25.9 Å². The lowest BCUT2D eigenvalue weighted by molar-refractivity contribution is -0.276. The van der Waals surface area contributed by atoms with Crippen molar-refractivity contribution in [3.63, 3.8) is 0 Å². The number of methoxy groups -OCH3 is 1. The predicted octanol–water partition coefficient (Wildman–Crippen LogP) is 5.83. The number of carbonyl (C=O) groups is 2. The van der Waals surface area contributed by atoms with Gasteiger partial charge in [0.25, 0.3) is 0 Å². The highest BCUT2D eigenvalue weighted by atomic mass is 16.7. The van der Waals surface area contributed by atoms with Crippen molar-refractivity contribution in [2.45, 2.75) is 51.0 Å². The first-order valence-electron chi connectivity index (χ1n) is 19.5. The highest BCUT2D eigenvalue weighted by Crippen LogP contribution is 2.42. The van der Waals surface area contributed by atoms with Crippen LogP contribution in [0.4, 0.5) is 10.7 Å². The normalized spacial score (nSPS) is 20.4. The van der Waals surface area contributed by atoms with Gasteiger partial charge >= 0.3 is 12.0 Å². The summed E-state index contributed by atoms with van der Waals surface area (Å²) in [6, 6.07) is 34.3. The van der Waals surface area contributed by atoms with Gasteiger partial charge in [0.1, 0.15) is 6.04 Å². The molecule has 4 aromatic carbocycles. The Labute approximate surface area is 333 Å². The van der Waals surface area contributed by atoms with Crippen molar-refractivity contribution in [1.82, 2.24) is 25.5 Å². The number of nitrogens with zero attached hydrogens (tertiary/aromatic N) is 4. The third-order valence-corrected chi connectivity index (χ3v) is 10.7. The number of hydrogen-bond donors (Lipinski definition) is 3. The van der Waals surface area contributed by atoms with Crippen LogP contribution in [-0.2, 0) is 38.6 Å². The molecule has 0 radical (unpaired) electrons. The minimum absolute atomic E-state index is 0.0104. The second kappa shape index (κ2) is 19.0. The van der Waals surface area contributed by atoms with E-state index in [0.29, 0.717) is 6.42 Å². The Morgan fingerprint density at radius 3 is 2.21 bits per heavy atom. The molecule has 1 aromatic heterocycles. The van der Waals surface area contributed by atoms with Crippen LogP contribution in [0.15, 0.2) is 122 Å². The molecule has 3 heterocycles. The van der Waals surface area contributed by atoms with E-state index in [9.17, 15) is 14.7 Å². The van der Waals surface area contributed by atoms with Crippen LogP contribution in [0, 0.1) is 5.92 Å². The van der Waals surface area contributed by atoms with Crippen molar-refractivity contribution in [3.05, 3.63) is 149 Å². The molecule has 296 valence electrons. The van der Waals surface area contributed by atoms with E-state index in [1.54, 1.807) is 12.4 Å². The lowest BCUT2D eigenvalue weighted by Crippen LogP contribution is -2.51. The molecule has 12 heteroatoms. The molecule has 5 atom stereocenters. The fourth-order valence-electron chi connectivity index (χ4n) is 7.44. The molecule has 2 fully saturated rings. The van der Waals surface area contributed by atoms with E-state index in [1.807, 2.05) is 84.9 Å². The van der Waals surface area contributed by atoms with Gasteiger partial charge in [-0.2, -0.15) is 0 Å². The molecule has 0 aliphatic carbocycles. The van der Waals surface area contributed by atoms with Crippen LogP contribution >= 0.6 is 0 Å². The summed E-state index contributed by atoms with van der Waals surface area (Å²) in [5.74, 6) is 0.331. The minimum Gasteiger partial charge on any atom is -0.467 e. The van der Waals surface area contributed by atoms with Gasteiger partial charge in [0.2, 0.25) is 5.95 Å². The molecule has 2 saturated heterocycles. The van der Waals surface area contributed by atoms with Crippen molar-refractivity contribution < 1.29 is 28.9 Å². The van der Waals surface area contributed by atoms with E-state index < -0.39 is 24.3 Å². The summed E-state index contributed by atoms with van der Waals surface area (Å²) >= 11 is 0. The summed E-state index contributed by atoms with van der Waals surface area (Å²) in [4.78, 5) is 38.8. The SMILES string of the molecule is COC(=O)[C@H](Cc1ccccc1)NC(=O)NCc1cccc(-c2ccc([C@H]3O[C@@H](CN4CCN(c5ncccn5)CC4)[C@@H](C)[C@@H](c4ccc(CO)cc4)O3)cc2)c1. The first-order chi connectivity index (χ1) is 27.9. The number of carbonyl (C=O) groups excluding carboxylic acids is 2. The van der Waals surface area contributed by atoms with Crippen LogP contribution in [0.5, 0.6) is 0 Å². The summed E-state index contributed by atoms with van der Waals surface area (Å²) in [7, 11) is 1.31. The molecule has 5 aromatic rings. The average molecular weight is 771 g/mol. The van der Waals surface area contributed by atoms with E-state index in [2.05, 4.69) is 61.6 Å². The van der Waals surface area contributed by atoms with Crippen molar-refractivity contribution in [3.8, 4) is 11.1 Å². The second-order valence-electron chi connectivity index (χ2n) is 14.6. The lowest BCUT2D eigenvalue weighted by Gasteiger charge is -2.44. The molecule has 0 saturated carbocycles. The number of aliphatic hydroxyl groups excluding tert-OH is 1. The minimum atomic E-state index is -0.814. The van der Waals surface area contributed by atoms with Crippen LogP contribution in [0.1, 0.15) is 47.1 Å². The fraction of sp³-hybridized carbons (Fsp3) is 0.333. The average Bonchev–Trinajstić information content (AvgIpc) is 3.27. The van der Waals surface area contributed by atoms with Gasteiger partial charge in [-0.3, -0.25) is 4.90 Å². The smallest absolute Gasteiger partial charge is 0.328 e. The number of urea groups is 1. The maximum absolute atomic E-state index is 12.9. The van der Waals surface area contributed by atoms with Gasteiger partial charge in [-0.25, -0.2) is 19.6 Å². The van der Waals surface area contributed by atoms with Crippen molar-refractivity contribution in [2.75, 3.05) is 44.7 Å². The number of rotatable bonds is 13. The number of piperazine rings is 1. The Morgan fingerprint density at radius 1 is 0.807 bits per heavy atom. The maximum Gasteiger partial charge on any atom is 0.328 e. The number of hydrogen-bond acceptors (Lipinski definition) is 10. The number of amides is 2. The summed E-state index contributed by atoms with van der Waals surface area (Å²) < 4.78 is 18.5. The number of nitrogens with one attached hydrogen (secondary N) is 2. The molecular formula is C45H50N6O6. The summed E-state index contributed by atoms with van der Waals surface area (Å²) in [5, 5.41) is 15.3. The zero-order chi connectivity index (χ0) is 39.6. The molecule has 0 spiro atoms. The topological polar surface area (TPSA) is 138 Å². The van der Waals surface area contributed by atoms with E-state index in [4.69, 9.17) is 14.2 Å². The van der Waals surface area contributed by atoms with E-state index in [-0.39, 0.29) is 31.3 Å². The van der Waals surface area contributed by atoms with Crippen molar-refractivity contribution >= 4 is 17.9 Å². The summed E-state index contributed by atoms with van der Waals surface area (Å²) in [6.45, 7) is 6.66. The van der Waals surface area contributed by atoms with E-state index >= 15 is 0 Å². The van der Waals surface area contributed by atoms with Crippen molar-refractivity contribution in [1.29, 1.82) is 0 Å². The predicted molar refractivity (Wildman–Crippen MR) is 217 cm³/mol. The Bertz CT molecular complexity index is 2050. The molecule has 0 unspecified atom stereocenters. The molecule has 57 heavy (non-hydrogen) atoms. The molecule has 0 bridgehead atoms. The summed E-state index contributed by atoms with van der Waals surface area (Å²) in [5.41, 5.74) is 6.66. The number of aromatic nitrogens is 2. The maximum atomic E-state index is 12.9. The van der Waals surface area contributed by atoms with Crippen LogP contribution < -0.4 is 15.5 Å². The Morgan fingerprint density at radius 2 is 1.51 bits per heavy atom. The fourth-order valence-corrected chi connectivity index (χ4v) is 7.44. The van der Waals surface area contributed by atoms with Gasteiger partial charge in [-0.1, -0.05) is 104 Å². The van der Waals surface area contributed by atoms with Gasteiger partial charge in [0, 0.05) is 69.6 Å². The van der Waals surface area contributed by atoms with Crippen LogP contribution in [-0.4, -0.2) is 84.0 Å². The number of aliphatic hydroxyl groups is 1. The van der Waals surface area contributed by atoms with E-state index in [0.717, 1.165) is 77.6 Å². The van der Waals surface area contributed by atoms with E-state index in [1.165, 1.54) is 7.11 Å². The Kier molecular flexibility index (Phi) is 13.2. The Hall–Kier alpha value is -5.66. The molecule has 3 N–H and O–H groups in total. The monoisotopic (exact) mass is 770 g/mol. The lowest BCUT2D eigenvalue weighted by atomic mass is 9.89. The standard InChI is InChI=1S/C45H50N6O6/c1-31-40(29-50-22-24-51(25-23-50)44-46-20-7-21-47-44)56-43(57-41(31)36-14-12-33(30-52)13-15-36)37-18-16-35(17-19-37)38-11-6-10-34(26-38)28-48-45(54)49-39(42(53)55-2)27-32-8-4-3-5-9-32/h3-21,26,31,39-41,43,52H,22-25,27-30H2,1-2H3,(H2,48,49,54)/t31-,39+,40+,41+,43+/m1/s1. The zero-order valence-electron chi connectivity index (χ0n) is 32.4. The quantitative estimate of drug-likeness (QED) is 0.125. The number of ether oxygens (including phenoxy) is 3. The first-order valence-corrected chi connectivity index (χ1v) is 19.5. The number of esters is 1. The Balaban J connectivity index is 1.01. The van der Waals surface area contributed by atoms with Crippen LogP contribution in [0.2, 0.25) is 0 Å². The summed E-state index contributed by atoms with van der Waals surface area (Å²) in [6.07, 6.45) is 3.01. The van der Waals surface area contributed by atoms with Crippen molar-refractivity contribution in [2.24, 2.45) is 5.92 Å². The number of anilines is 1. The van der Waals surface area contributed by atoms with Crippen LogP contribution in [0.3, 0.4) is 0 Å². The van der Waals surface area contributed by atoms with Crippen LogP contribution in [0.25, 0.3) is 11.1 Å². The van der Waals surface area contributed by atoms with Gasteiger partial charge in [0.15, 0.2) is 6.29 Å². The first kappa shape index (κ1) is 39.6. The largest absolute Gasteiger partial charge is 0.467 e. The van der Waals surface area contributed by atoms with Gasteiger partial charge < -0.3 is 34.9 Å². The molecule has 7 rings (SSSR count).